The first-order chi connectivity index (χ1) is 8.99. The van der Waals surface area contributed by atoms with Gasteiger partial charge in [0.1, 0.15) is 16.8 Å². The van der Waals surface area contributed by atoms with Crippen molar-refractivity contribution in [2.45, 2.75) is 33.2 Å². The van der Waals surface area contributed by atoms with Gasteiger partial charge in [0.25, 0.3) is 0 Å². The van der Waals surface area contributed by atoms with Crippen LogP contribution >= 0.6 is 11.6 Å². The number of aromatic nitrogens is 2. The van der Waals surface area contributed by atoms with Gasteiger partial charge in [-0.1, -0.05) is 18.5 Å². The van der Waals surface area contributed by atoms with Gasteiger partial charge in [0.2, 0.25) is 0 Å². The van der Waals surface area contributed by atoms with Gasteiger partial charge in [-0.05, 0) is 27.3 Å². The van der Waals surface area contributed by atoms with Gasteiger partial charge < -0.3 is 10.2 Å². The lowest BCUT2D eigenvalue weighted by Crippen LogP contribution is -2.33. The number of hydrogen-bond donors (Lipinski definition) is 1. The number of carbonyl (C=O) groups excluding carboxylic acids is 1. The first-order valence-electron chi connectivity index (χ1n) is 6.43. The Hall–Kier alpha value is -1.20. The molecule has 1 aromatic heterocycles. The van der Waals surface area contributed by atoms with Crippen LogP contribution in [0.15, 0.2) is 0 Å². The largest absolute Gasteiger partial charge is 0.368 e. The molecule has 1 heterocycles. The van der Waals surface area contributed by atoms with E-state index in [1.807, 2.05) is 0 Å². The van der Waals surface area contributed by atoms with Gasteiger partial charge in [0.15, 0.2) is 6.29 Å². The SMILES string of the molecule is CCC(C)N(C)CCNc1nc(C)nc(Cl)c1C=O. The van der Waals surface area contributed by atoms with Gasteiger partial charge in [-0.15, -0.1) is 0 Å². The fourth-order valence-electron chi connectivity index (χ4n) is 1.67. The summed E-state index contributed by atoms with van der Waals surface area (Å²) in [7, 11) is 2.08. The van der Waals surface area contributed by atoms with E-state index in [0.717, 1.165) is 13.0 Å². The average Bonchev–Trinajstić information content (AvgIpc) is 2.37. The maximum absolute atomic E-state index is 11.0. The van der Waals surface area contributed by atoms with Crippen LogP contribution in [0.3, 0.4) is 0 Å². The van der Waals surface area contributed by atoms with Gasteiger partial charge in [0.05, 0.1) is 5.56 Å². The molecule has 0 saturated heterocycles. The molecular weight excluding hydrogens is 264 g/mol. The molecule has 0 bridgehead atoms. The molecule has 0 aromatic carbocycles. The van der Waals surface area contributed by atoms with Crippen LogP contribution in [0.5, 0.6) is 0 Å². The molecule has 0 saturated carbocycles. The van der Waals surface area contributed by atoms with Gasteiger partial charge in [-0.3, -0.25) is 4.79 Å². The van der Waals surface area contributed by atoms with E-state index in [1.54, 1.807) is 6.92 Å². The van der Waals surface area contributed by atoms with Crippen molar-refractivity contribution in [1.82, 2.24) is 14.9 Å². The number of likely N-dealkylation sites (N-methyl/N-ethyl adjacent to an activating group) is 1. The number of aryl methyl sites for hydroxylation is 1. The second-order valence-corrected chi connectivity index (χ2v) is 4.96. The number of anilines is 1. The zero-order valence-corrected chi connectivity index (χ0v) is 12.7. The predicted octanol–water partition coefficient (Wildman–Crippen LogP) is 2.39. The van der Waals surface area contributed by atoms with Crippen molar-refractivity contribution >= 4 is 23.7 Å². The molecule has 1 atom stereocenters. The van der Waals surface area contributed by atoms with Crippen LogP contribution < -0.4 is 5.32 Å². The summed E-state index contributed by atoms with van der Waals surface area (Å²) in [6.07, 6.45) is 1.79. The predicted molar refractivity (Wildman–Crippen MR) is 78.0 cm³/mol. The highest BCUT2D eigenvalue weighted by molar-refractivity contribution is 6.32. The molecule has 0 aliphatic rings. The molecule has 1 unspecified atom stereocenters. The number of nitrogens with one attached hydrogen (secondary N) is 1. The smallest absolute Gasteiger partial charge is 0.156 e. The lowest BCUT2D eigenvalue weighted by molar-refractivity contribution is 0.112. The quantitative estimate of drug-likeness (QED) is 0.615. The normalized spacial score (nSPS) is 12.5. The number of nitrogens with zero attached hydrogens (tertiary/aromatic N) is 3. The van der Waals surface area contributed by atoms with Crippen molar-refractivity contribution in [3.8, 4) is 0 Å². The zero-order chi connectivity index (χ0) is 14.4. The molecule has 0 radical (unpaired) electrons. The Labute approximate surface area is 119 Å². The molecule has 0 aliphatic heterocycles. The van der Waals surface area contributed by atoms with Gasteiger partial charge in [0, 0.05) is 19.1 Å². The third-order valence-corrected chi connectivity index (χ3v) is 3.52. The van der Waals surface area contributed by atoms with Crippen molar-refractivity contribution in [2.75, 3.05) is 25.5 Å². The van der Waals surface area contributed by atoms with Crippen molar-refractivity contribution < 1.29 is 4.79 Å². The molecule has 5 nitrogen and oxygen atoms in total. The Kier molecular flexibility index (Phi) is 6.18. The first-order valence-corrected chi connectivity index (χ1v) is 6.80. The Morgan fingerprint density at radius 3 is 2.74 bits per heavy atom. The number of halogens is 1. The van der Waals surface area contributed by atoms with Gasteiger partial charge in [-0.2, -0.15) is 0 Å². The summed E-state index contributed by atoms with van der Waals surface area (Å²) in [5.74, 6) is 1.05. The maximum Gasteiger partial charge on any atom is 0.156 e. The Morgan fingerprint density at radius 2 is 2.16 bits per heavy atom. The summed E-state index contributed by atoms with van der Waals surface area (Å²) in [6, 6.07) is 0.531. The standard InChI is InChI=1S/C13H21ClN4O/c1-5-9(2)18(4)7-6-15-13-11(8-19)12(14)16-10(3)17-13/h8-9H,5-7H2,1-4H3,(H,15,16,17). The molecule has 6 heteroatoms. The van der Waals surface area contributed by atoms with Crippen LogP contribution in [0, 0.1) is 6.92 Å². The monoisotopic (exact) mass is 284 g/mol. The molecule has 1 aromatic rings. The highest BCUT2D eigenvalue weighted by Crippen LogP contribution is 2.18. The average molecular weight is 285 g/mol. The van der Waals surface area contributed by atoms with Crippen molar-refractivity contribution in [3.63, 3.8) is 0 Å². The van der Waals surface area contributed by atoms with Crippen molar-refractivity contribution in [2.24, 2.45) is 0 Å². The van der Waals surface area contributed by atoms with E-state index >= 15 is 0 Å². The minimum atomic E-state index is 0.195. The van der Waals surface area contributed by atoms with E-state index in [0.29, 0.717) is 36.1 Å². The number of aldehydes is 1. The number of hydrogen-bond acceptors (Lipinski definition) is 5. The van der Waals surface area contributed by atoms with E-state index in [4.69, 9.17) is 11.6 Å². The molecule has 1 N–H and O–H groups in total. The minimum Gasteiger partial charge on any atom is -0.368 e. The molecule has 0 amide bonds. The van der Waals surface area contributed by atoms with Crippen LogP contribution in [-0.2, 0) is 0 Å². The van der Waals surface area contributed by atoms with Crippen LogP contribution in [-0.4, -0.2) is 47.3 Å². The highest BCUT2D eigenvalue weighted by atomic mass is 35.5. The second-order valence-electron chi connectivity index (χ2n) is 4.61. The maximum atomic E-state index is 11.0. The summed E-state index contributed by atoms with van der Waals surface area (Å²) in [5, 5.41) is 3.34. The zero-order valence-electron chi connectivity index (χ0n) is 11.9. The van der Waals surface area contributed by atoms with Gasteiger partial charge in [-0.25, -0.2) is 9.97 Å². The van der Waals surface area contributed by atoms with E-state index in [-0.39, 0.29) is 5.15 Å². The molecule has 0 spiro atoms. The minimum absolute atomic E-state index is 0.195. The third kappa shape index (κ3) is 4.44. The Bertz CT molecular complexity index is 439. The van der Waals surface area contributed by atoms with Crippen molar-refractivity contribution in [1.29, 1.82) is 0 Å². The lowest BCUT2D eigenvalue weighted by atomic mass is 10.2. The summed E-state index contributed by atoms with van der Waals surface area (Å²) in [6.45, 7) is 7.66. The lowest BCUT2D eigenvalue weighted by Gasteiger charge is -2.23. The van der Waals surface area contributed by atoms with E-state index < -0.39 is 0 Å². The second kappa shape index (κ2) is 7.40. The van der Waals surface area contributed by atoms with Gasteiger partial charge >= 0.3 is 0 Å². The van der Waals surface area contributed by atoms with E-state index in [1.165, 1.54) is 0 Å². The number of rotatable bonds is 7. The summed E-state index contributed by atoms with van der Waals surface area (Å²) in [4.78, 5) is 21.4. The Balaban J connectivity index is 2.65. The molecule has 0 fully saturated rings. The topological polar surface area (TPSA) is 58.1 Å². The summed E-state index contributed by atoms with van der Waals surface area (Å²) in [5.41, 5.74) is 0.318. The fraction of sp³-hybridized carbons (Fsp3) is 0.615. The number of carbonyl (C=O) groups is 1. The molecule has 1 rings (SSSR count). The summed E-state index contributed by atoms with van der Waals surface area (Å²) >= 11 is 5.92. The molecular formula is C13H21ClN4O. The fourth-order valence-corrected chi connectivity index (χ4v) is 1.93. The molecule has 19 heavy (non-hydrogen) atoms. The summed E-state index contributed by atoms with van der Waals surface area (Å²) < 4.78 is 0. The molecule has 0 aliphatic carbocycles. The van der Waals surface area contributed by atoms with E-state index in [2.05, 4.69) is 41.1 Å². The van der Waals surface area contributed by atoms with Crippen LogP contribution in [0.25, 0.3) is 0 Å². The van der Waals surface area contributed by atoms with Crippen molar-refractivity contribution in [3.05, 3.63) is 16.5 Å². The third-order valence-electron chi connectivity index (χ3n) is 3.23. The molecule has 106 valence electrons. The van der Waals surface area contributed by atoms with Crippen LogP contribution in [0.1, 0.15) is 36.5 Å². The van der Waals surface area contributed by atoms with Crippen LogP contribution in [0.2, 0.25) is 5.15 Å². The first kappa shape index (κ1) is 15.9. The Morgan fingerprint density at radius 1 is 1.47 bits per heavy atom. The van der Waals surface area contributed by atoms with Crippen LogP contribution in [0.4, 0.5) is 5.82 Å². The highest BCUT2D eigenvalue weighted by Gasteiger charge is 2.11. The van der Waals surface area contributed by atoms with E-state index in [9.17, 15) is 4.79 Å².